The molecule has 1 heterocycles. The Morgan fingerprint density at radius 1 is 1.40 bits per heavy atom. The van der Waals surface area contributed by atoms with Gasteiger partial charge in [-0.3, -0.25) is 9.59 Å². The molecule has 4 heteroatoms. The molecule has 2 rings (SSSR count). The molecule has 2 fully saturated rings. The van der Waals surface area contributed by atoms with Crippen LogP contribution in [-0.2, 0) is 9.59 Å². The quantitative estimate of drug-likeness (QED) is 0.700. The maximum absolute atomic E-state index is 12.1. The number of carbonyl (C=O) groups excluding carboxylic acids is 1. The number of nitrogens with zero attached hydrogens (tertiary/aromatic N) is 1. The van der Waals surface area contributed by atoms with E-state index < -0.39 is 11.4 Å². The highest BCUT2D eigenvalue weighted by Gasteiger charge is 2.58. The lowest BCUT2D eigenvalue weighted by molar-refractivity contribution is -0.150. The van der Waals surface area contributed by atoms with Crippen molar-refractivity contribution in [3.63, 3.8) is 0 Å². The largest absolute Gasteiger partial charge is 0.480 e. The van der Waals surface area contributed by atoms with E-state index in [1.165, 1.54) is 0 Å². The van der Waals surface area contributed by atoms with Gasteiger partial charge in [0.05, 0.1) is 0 Å². The molecule has 2 aliphatic rings. The van der Waals surface area contributed by atoms with Crippen LogP contribution in [0.4, 0.5) is 0 Å². The lowest BCUT2D eigenvalue weighted by Gasteiger charge is -2.30. The van der Waals surface area contributed by atoms with Crippen LogP contribution in [0.1, 0.15) is 25.7 Å². The average Bonchev–Trinajstić information content (AvgIpc) is 2.97. The van der Waals surface area contributed by atoms with Gasteiger partial charge in [0.1, 0.15) is 5.41 Å². The predicted molar refractivity (Wildman–Crippen MR) is 54.5 cm³/mol. The SMILES string of the molecule is CN1CCCC(C(=O)C2(C(=O)O)CC2)C1. The van der Waals surface area contributed by atoms with E-state index in [4.69, 9.17) is 5.11 Å². The fourth-order valence-electron chi connectivity index (χ4n) is 2.46. The number of aliphatic carboxylic acids is 1. The van der Waals surface area contributed by atoms with Crippen molar-refractivity contribution in [2.45, 2.75) is 25.7 Å². The van der Waals surface area contributed by atoms with Crippen molar-refractivity contribution in [2.75, 3.05) is 20.1 Å². The lowest BCUT2D eigenvalue weighted by atomic mass is 9.85. The van der Waals surface area contributed by atoms with Crippen molar-refractivity contribution < 1.29 is 14.7 Å². The minimum absolute atomic E-state index is 0.0263. The zero-order valence-electron chi connectivity index (χ0n) is 9.03. The van der Waals surface area contributed by atoms with Crippen LogP contribution in [0, 0.1) is 11.3 Å². The van der Waals surface area contributed by atoms with Gasteiger partial charge < -0.3 is 10.0 Å². The number of rotatable bonds is 3. The first-order chi connectivity index (χ1) is 7.06. The maximum Gasteiger partial charge on any atom is 0.317 e. The molecule has 0 radical (unpaired) electrons. The minimum atomic E-state index is -0.997. The van der Waals surface area contributed by atoms with Gasteiger partial charge in [-0.15, -0.1) is 0 Å². The molecule has 0 aromatic heterocycles. The van der Waals surface area contributed by atoms with Crippen LogP contribution < -0.4 is 0 Å². The van der Waals surface area contributed by atoms with Crippen LogP contribution in [0.15, 0.2) is 0 Å². The van der Waals surface area contributed by atoms with E-state index in [1.54, 1.807) is 0 Å². The first kappa shape index (κ1) is 10.6. The molecule has 4 nitrogen and oxygen atoms in total. The molecule has 1 atom stereocenters. The summed E-state index contributed by atoms with van der Waals surface area (Å²) in [4.78, 5) is 25.2. The van der Waals surface area contributed by atoms with Crippen LogP contribution in [0.5, 0.6) is 0 Å². The van der Waals surface area contributed by atoms with Gasteiger partial charge in [0, 0.05) is 12.5 Å². The van der Waals surface area contributed by atoms with Gasteiger partial charge in [-0.25, -0.2) is 0 Å². The van der Waals surface area contributed by atoms with Gasteiger partial charge in [-0.1, -0.05) is 0 Å². The second kappa shape index (κ2) is 3.59. The van der Waals surface area contributed by atoms with E-state index in [2.05, 4.69) is 4.90 Å². The van der Waals surface area contributed by atoms with E-state index in [0.717, 1.165) is 25.9 Å². The Morgan fingerprint density at radius 2 is 2.07 bits per heavy atom. The molecule has 0 bridgehead atoms. The van der Waals surface area contributed by atoms with Gasteiger partial charge in [0.15, 0.2) is 5.78 Å². The summed E-state index contributed by atoms with van der Waals surface area (Å²) < 4.78 is 0. The van der Waals surface area contributed by atoms with E-state index >= 15 is 0 Å². The summed E-state index contributed by atoms with van der Waals surface area (Å²) in [6, 6.07) is 0. The Kier molecular flexibility index (Phi) is 2.54. The summed E-state index contributed by atoms with van der Waals surface area (Å²) in [6.45, 7) is 1.75. The molecular weight excluding hydrogens is 194 g/mol. The van der Waals surface area contributed by atoms with E-state index in [0.29, 0.717) is 12.8 Å². The van der Waals surface area contributed by atoms with E-state index in [1.807, 2.05) is 7.05 Å². The third kappa shape index (κ3) is 1.78. The molecule has 15 heavy (non-hydrogen) atoms. The van der Waals surface area contributed by atoms with Crippen molar-refractivity contribution in [3.8, 4) is 0 Å². The Hall–Kier alpha value is -0.900. The second-order valence-electron chi connectivity index (χ2n) is 4.85. The van der Waals surface area contributed by atoms with Crippen LogP contribution in [0.3, 0.4) is 0 Å². The number of carboxylic acid groups (broad SMARTS) is 1. The predicted octanol–water partition coefficient (Wildman–Crippen LogP) is 0.762. The van der Waals surface area contributed by atoms with Crippen LogP contribution >= 0.6 is 0 Å². The number of Topliss-reactive ketones (excluding diaryl/α,β-unsaturated/α-hetero) is 1. The zero-order valence-corrected chi connectivity index (χ0v) is 9.03. The normalized spacial score (nSPS) is 29.8. The highest BCUT2D eigenvalue weighted by Crippen LogP contribution is 2.49. The van der Waals surface area contributed by atoms with Crippen molar-refractivity contribution in [3.05, 3.63) is 0 Å². The molecule has 84 valence electrons. The smallest absolute Gasteiger partial charge is 0.317 e. The number of piperidine rings is 1. The lowest BCUT2D eigenvalue weighted by Crippen LogP contribution is -2.41. The number of ketones is 1. The van der Waals surface area contributed by atoms with Gasteiger partial charge in [-0.2, -0.15) is 0 Å². The Morgan fingerprint density at radius 3 is 2.53 bits per heavy atom. The molecule has 1 saturated carbocycles. The summed E-state index contributed by atoms with van der Waals surface area (Å²) in [5, 5.41) is 9.04. The molecule has 1 saturated heterocycles. The summed E-state index contributed by atoms with van der Waals surface area (Å²) in [5.74, 6) is -0.996. The standard InChI is InChI=1S/C11H17NO3/c1-12-6-2-3-8(7-12)9(13)11(4-5-11)10(14)15/h8H,2-7H2,1H3,(H,14,15). The fraction of sp³-hybridized carbons (Fsp3) is 0.818. The number of carboxylic acids is 1. The Balaban J connectivity index is 2.04. The number of likely N-dealkylation sites (tertiary alicyclic amines) is 1. The molecule has 0 spiro atoms. The molecular formula is C11H17NO3. The number of carbonyl (C=O) groups is 2. The Bertz CT molecular complexity index is 296. The van der Waals surface area contributed by atoms with E-state index in [-0.39, 0.29) is 11.7 Å². The summed E-state index contributed by atoms with van der Waals surface area (Å²) in [5.41, 5.74) is -0.997. The maximum atomic E-state index is 12.1. The third-order valence-electron chi connectivity index (χ3n) is 3.63. The molecule has 0 aromatic carbocycles. The molecule has 0 aromatic rings. The molecule has 0 amide bonds. The highest BCUT2D eigenvalue weighted by molar-refractivity contribution is 6.07. The van der Waals surface area contributed by atoms with Crippen molar-refractivity contribution in [2.24, 2.45) is 11.3 Å². The molecule has 1 N–H and O–H groups in total. The molecule has 1 aliphatic heterocycles. The summed E-state index contributed by atoms with van der Waals surface area (Å²) in [7, 11) is 1.99. The first-order valence-electron chi connectivity index (χ1n) is 5.52. The Labute approximate surface area is 89.3 Å². The van der Waals surface area contributed by atoms with Crippen LogP contribution in [0.2, 0.25) is 0 Å². The number of hydrogen-bond acceptors (Lipinski definition) is 3. The van der Waals surface area contributed by atoms with Gasteiger partial charge in [0.2, 0.25) is 0 Å². The fourth-order valence-corrected chi connectivity index (χ4v) is 2.46. The van der Waals surface area contributed by atoms with E-state index in [9.17, 15) is 9.59 Å². The van der Waals surface area contributed by atoms with Gasteiger partial charge in [0.25, 0.3) is 0 Å². The average molecular weight is 211 g/mol. The van der Waals surface area contributed by atoms with Crippen molar-refractivity contribution in [1.82, 2.24) is 4.90 Å². The topological polar surface area (TPSA) is 57.6 Å². The number of hydrogen-bond donors (Lipinski definition) is 1. The monoisotopic (exact) mass is 211 g/mol. The summed E-state index contributed by atoms with van der Waals surface area (Å²) >= 11 is 0. The zero-order chi connectivity index (χ0) is 11.1. The summed E-state index contributed by atoms with van der Waals surface area (Å²) in [6.07, 6.45) is 2.95. The van der Waals surface area contributed by atoms with Crippen molar-refractivity contribution >= 4 is 11.8 Å². The van der Waals surface area contributed by atoms with Crippen LogP contribution in [0.25, 0.3) is 0 Å². The highest BCUT2D eigenvalue weighted by atomic mass is 16.4. The van der Waals surface area contributed by atoms with Gasteiger partial charge in [-0.05, 0) is 39.3 Å². The third-order valence-corrected chi connectivity index (χ3v) is 3.63. The second-order valence-corrected chi connectivity index (χ2v) is 4.85. The molecule has 1 aliphatic carbocycles. The van der Waals surface area contributed by atoms with Crippen LogP contribution in [-0.4, -0.2) is 41.9 Å². The first-order valence-corrected chi connectivity index (χ1v) is 5.52. The van der Waals surface area contributed by atoms with Gasteiger partial charge >= 0.3 is 5.97 Å². The molecule has 1 unspecified atom stereocenters. The minimum Gasteiger partial charge on any atom is -0.480 e. The van der Waals surface area contributed by atoms with Crippen molar-refractivity contribution in [1.29, 1.82) is 0 Å².